The molecule has 5 heteroatoms. The smallest absolute Gasteiger partial charge is 0.338 e. The number of hydrogen-bond acceptors (Lipinski definition) is 4. The molecule has 33 heavy (non-hydrogen) atoms. The molecule has 1 aromatic rings. The topological polar surface area (TPSA) is 49.9 Å². The van der Waals surface area contributed by atoms with Gasteiger partial charge in [-0.1, -0.05) is 71.6 Å². The summed E-state index contributed by atoms with van der Waals surface area (Å²) in [6, 6.07) is 9.17. The predicted molar refractivity (Wildman–Crippen MR) is 138 cm³/mol. The normalized spacial score (nSPS) is 12.0. The van der Waals surface area contributed by atoms with Crippen molar-refractivity contribution < 1.29 is 14.3 Å². The summed E-state index contributed by atoms with van der Waals surface area (Å²) < 4.78 is 5.97. The molecule has 5 nitrogen and oxygen atoms in total. The van der Waals surface area contributed by atoms with Gasteiger partial charge in [-0.2, -0.15) is 0 Å². The van der Waals surface area contributed by atoms with E-state index in [0.717, 1.165) is 77.5 Å². The number of benzene rings is 1. The van der Waals surface area contributed by atoms with Crippen LogP contribution in [0.25, 0.3) is 0 Å². The second kappa shape index (κ2) is 18.5. The molecule has 0 spiro atoms. The fourth-order valence-electron chi connectivity index (χ4n) is 3.83. The summed E-state index contributed by atoms with van der Waals surface area (Å²) in [5.41, 5.74) is 0.565. The van der Waals surface area contributed by atoms with Crippen LogP contribution in [0.2, 0.25) is 0 Å². The van der Waals surface area contributed by atoms with E-state index in [-0.39, 0.29) is 18.0 Å². The first-order chi connectivity index (χ1) is 16.0. The Hall–Kier alpha value is -1.88. The maximum atomic E-state index is 13.0. The zero-order chi connectivity index (χ0) is 24.3. The van der Waals surface area contributed by atoms with Crippen LogP contribution in [0.15, 0.2) is 30.3 Å². The highest BCUT2D eigenvalue weighted by atomic mass is 16.5. The van der Waals surface area contributed by atoms with Crippen LogP contribution >= 0.6 is 0 Å². The van der Waals surface area contributed by atoms with Gasteiger partial charge in [-0.15, -0.1) is 0 Å². The van der Waals surface area contributed by atoms with Crippen molar-refractivity contribution in [3.05, 3.63) is 35.9 Å². The number of unbranched alkanes of at least 4 members (excludes halogenated alkanes) is 4. The van der Waals surface area contributed by atoms with Gasteiger partial charge in [-0.3, -0.25) is 9.69 Å². The second-order valence-electron chi connectivity index (χ2n) is 9.03. The number of esters is 1. The van der Waals surface area contributed by atoms with Gasteiger partial charge in [0.2, 0.25) is 5.91 Å². The monoisotopic (exact) mass is 460 g/mol. The molecule has 188 valence electrons. The lowest BCUT2D eigenvalue weighted by Gasteiger charge is -2.28. The Morgan fingerprint density at radius 1 is 0.788 bits per heavy atom. The van der Waals surface area contributed by atoms with Crippen molar-refractivity contribution in [1.29, 1.82) is 0 Å². The Labute approximate surface area is 202 Å². The highest BCUT2D eigenvalue weighted by molar-refractivity contribution is 5.89. The van der Waals surface area contributed by atoms with Gasteiger partial charge >= 0.3 is 5.97 Å². The summed E-state index contributed by atoms with van der Waals surface area (Å²) in [6.07, 6.45) is 9.47. The SMILES string of the molecule is CCCCN(CCCC)CC(CCC(=O)N(CCCC)CCCC)OC(=O)c1ccccc1. The van der Waals surface area contributed by atoms with E-state index in [4.69, 9.17) is 4.74 Å². The average molecular weight is 461 g/mol. The van der Waals surface area contributed by atoms with E-state index in [2.05, 4.69) is 32.6 Å². The molecule has 1 unspecified atom stereocenters. The van der Waals surface area contributed by atoms with Crippen LogP contribution < -0.4 is 0 Å². The minimum atomic E-state index is -0.298. The molecule has 0 heterocycles. The number of carbonyl (C=O) groups excluding carboxylic acids is 2. The summed E-state index contributed by atoms with van der Waals surface area (Å²) in [6.45, 7) is 13.1. The molecule has 0 bridgehead atoms. The summed E-state index contributed by atoms with van der Waals surface area (Å²) >= 11 is 0. The van der Waals surface area contributed by atoms with E-state index < -0.39 is 0 Å². The number of amides is 1. The maximum Gasteiger partial charge on any atom is 0.338 e. The van der Waals surface area contributed by atoms with Gasteiger partial charge in [-0.25, -0.2) is 4.79 Å². The third kappa shape index (κ3) is 12.8. The molecule has 0 aliphatic rings. The fraction of sp³-hybridized carbons (Fsp3) is 0.714. The Morgan fingerprint density at radius 3 is 1.82 bits per heavy atom. The maximum absolute atomic E-state index is 13.0. The van der Waals surface area contributed by atoms with E-state index in [0.29, 0.717) is 24.9 Å². The largest absolute Gasteiger partial charge is 0.457 e. The van der Waals surface area contributed by atoms with E-state index in [1.165, 1.54) is 0 Å². The first kappa shape index (κ1) is 29.2. The summed E-state index contributed by atoms with van der Waals surface area (Å²) in [5.74, 6) is -0.112. The highest BCUT2D eigenvalue weighted by Gasteiger charge is 2.22. The molecule has 1 amide bonds. The van der Waals surface area contributed by atoms with Gasteiger partial charge in [-0.05, 0) is 57.3 Å². The number of ether oxygens (including phenoxy) is 1. The fourth-order valence-corrected chi connectivity index (χ4v) is 3.83. The minimum Gasteiger partial charge on any atom is -0.457 e. The third-order valence-electron chi connectivity index (χ3n) is 6.00. The van der Waals surface area contributed by atoms with Crippen LogP contribution in [0.1, 0.15) is 102 Å². The molecule has 1 atom stereocenters. The van der Waals surface area contributed by atoms with Crippen molar-refractivity contribution in [2.75, 3.05) is 32.7 Å². The zero-order valence-corrected chi connectivity index (χ0v) is 21.7. The highest BCUT2D eigenvalue weighted by Crippen LogP contribution is 2.14. The van der Waals surface area contributed by atoms with Crippen LogP contribution in [0.3, 0.4) is 0 Å². The Balaban J connectivity index is 2.85. The minimum absolute atomic E-state index is 0.186. The van der Waals surface area contributed by atoms with Gasteiger partial charge in [0.15, 0.2) is 0 Å². The molecule has 0 saturated heterocycles. The van der Waals surface area contributed by atoms with Crippen LogP contribution in [-0.4, -0.2) is 60.5 Å². The standard InChI is InChI=1S/C28H48N2O3/c1-5-9-20-29(21-10-6-2)24-26(33-28(32)25-16-14-13-15-17-25)18-19-27(31)30(22-11-7-3)23-12-8-4/h13-17,26H,5-12,18-24H2,1-4H3. The summed E-state index contributed by atoms with van der Waals surface area (Å²) in [7, 11) is 0. The summed E-state index contributed by atoms with van der Waals surface area (Å²) in [5, 5.41) is 0. The molecule has 0 N–H and O–H groups in total. The molecular weight excluding hydrogens is 412 g/mol. The molecule has 0 aliphatic carbocycles. The van der Waals surface area contributed by atoms with Gasteiger partial charge in [0, 0.05) is 26.1 Å². The molecule has 1 aromatic carbocycles. The van der Waals surface area contributed by atoms with Gasteiger partial charge in [0.25, 0.3) is 0 Å². The molecular formula is C28H48N2O3. The quantitative estimate of drug-likeness (QED) is 0.227. The van der Waals surface area contributed by atoms with E-state index in [9.17, 15) is 9.59 Å². The zero-order valence-electron chi connectivity index (χ0n) is 21.7. The van der Waals surface area contributed by atoms with Gasteiger partial charge in [0.1, 0.15) is 6.10 Å². The van der Waals surface area contributed by atoms with E-state index >= 15 is 0 Å². The van der Waals surface area contributed by atoms with Crippen LogP contribution in [0.4, 0.5) is 0 Å². The first-order valence-electron chi connectivity index (χ1n) is 13.3. The van der Waals surface area contributed by atoms with E-state index in [1.807, 2.05) is 23.1 Å². The van der Waals surface area contributed by atoms with Crippen LogP contribution in [-0.2, 0) is 9.53 Å². The first-order valence-corrected chi connectivity index (χ1v) is 13.3. The lowest BCUT2D eigenvalue weighted by molar-refractivity contribution is -0.132. The number of rotatable bonds is 19. The van der Waals surface area contributed by atoms with Gasteiger partial charge in [0.05, 0.1) is 5.56 Å². The van der Waals surface area contributed by atoms with Crippen molar-refractivity contribution in [3.63, 3.8) is 0 Å². The lowest BCUT2D eigenvalue weighted by atomic mass is 10.1. The third-order valence-corrected chi connectivity index (χ3v) is 6.00. The number of carbonyl (C=O) groups is 2. The lowest BCUT2D eigenvalue weighted by Crippen LogP contribution is -2.38. The molecule has 0 radical (unpaired) electrons. The summed E-state index contributed by atoms with van der Waals surface area (Å²) in [4.78, 5) is 30.2. The van der Waals surface area contributed by atoms with Crippen molar-refractivity contribution in [1.82, 2.24) is 9.80 Å². The Morgan fingerprint density at radius 2 is 1.30 bits per heavy atom. The second-order valence-corrected chi connectivity index (χ2v) is 9.03. The Kier molecular flexibility index (Phi) is 16.4. The van der Waals surface area contributed by atoms with E-state index in [1.54, 1.807) is 12.1 Å². The van der Waals surface area contributed by atoms with Crippen molar-refractivity contribution in [2.24, 2.45) is 0 Å². The Bertz CT molecular complexity index is 619. The molecule has 0 saturated carbocycles. The molecule has 1 rings (SSSR count). The predicted octanol–water partition coefficient (Wildman–Crippen LogP) is 6.32. The van der Waals surface area contributed by atoms with Crippen LogP contribution in [0.5, 0.6) is 0 Å². The molecule has 0 fully saturated rings. The van der Waals surface area contributed by atoms with Crippen molar-refractivity contribution >= 4 is 11.9 Å². The van der Waals surface area contributed by atoms with Crippen molar-refractivity contribution in [2.45, 2.75) is 98.0 Å². The van der Waals surface area contributed by atoms with Crippen LogP contribution in [0, 0.1) is 0 Å². The van der Waals surface area contributed by atoms with Gasteiger partial charge < -0.3 is 9.64 Å². The number of hydrogen-bond donors (Lipinski definition) is 0. The average Bonchev–Trinajstić information content (AvgIpc) is 2.84. The van der Waals surface area contributed by atoms with Crippen molar-refractivity contribution in [3.8, 4) is 0 Å². The molecule has 0 aliphatic heterocycles. The number of nitrogens with zero attached hydrogens (tertiary/aromatic N) is 2. The molecule has 0 aromatic heterocycles.